The standard InChI is InChI=1S/C24H25ClN2O5S/c25-15-6-8-16(9-7-15)26-11-3-10-24-19(18-17(33-24)5-1-2-14-32-23(18)31)21(29)27(12-4-13-28)20(24)22(26)30/h1,3,5-10,17-20,28H,2,4,11-14H2/t17-,18+,19-,20?,24-/m0/s1. The van der Waals surface area contributed by atoms with Crippen LogP contribution in [0.2, 0.25) is 5.02 Å². The van der Waals surface area contributed by atoms with E-state index in [2.05, 4.69) is 0 Å². The molecule has 4 heterocycles. The van der Waals surface area contributed by atoms with Gasteiger partial charge in [-0.3, -0.25) is 14.4 Å². The molecule has 7 nitrogen and oxygen atoms in total. The van der Waals surface area contributed by atoms with Gasteiger partial charge in [0, 0.05) is 35.7 Å². The van der Waals surface area contributed by atoms with Crippen molar-refractivity contribution in [3.8, 4) is 0 Å². The predicted molar refractivity (Wildman–Crippen MR) is 126 cm³/mol. The molecule has 1 spiro atoms. The Bertz CT molecular complexity index is 1030. The second-order valence-electron chi connectivity index (χ2n) is 8.66. The van der Waals surface area contributed by atoms with Gasteiger partial charge in [-0.05, 0) is 37.1 Å². The number of thioether (sulfide) groups is 1. The van der Waals surface area contributed by atoms with Crippen LogP contribution in [0.15, 0.2) is 48.6 Å². The van der Waals surface area contributed by atoms with Crippen LogP contribution in [0.1, 0.15) is 12.8 Å². The third kappa shape index (κ3) is 3.59. The van der Waals surface area contributed by atoms with E-state index >= 15 is 0 Å². The Morgan fingerprint density at radius 1 is 1.15 bits per heavy atom. The first-order valence-electron chi connectivity index (χ1n) is 11.1. The number of nitrogens with zero attached hydrogens (tertiary/aromatic N) is 2. The third-order valence-corrected chi connectivity index (χ3v) is 8.81. The highest BCUT2D eigenvalue weighted by molar-refractivity contribution is 8.02. The summed E-state index contributed by atoms with van der Waals surface area (Å²) in [7, 11) is 0. The number of hydrogen-bond donors (Lipinski definition) is 1. The summed E-state index contributed by atoms with van der Waals surface area (Å²) in [5.74, 6) is -2.16. The maximum atomic E-state index is 14.0. The van der Waals surface area contributed by atoms with Gasteiger partial charge in [0.1, 0.15) is 6.04 Å². The lowest BCUT2D eigenvalue weighted by molar-refractivity contribution is -0.153. The van der Waals surface area contributed by atoms with Crippen molar-refractivity contribution in [1.82, 2.24) is 4.90 Å². The molecule has 0 saturated carbocycles. The molecule has 4 aliphatic rings. The number of amides is 2. The van der Waals surface area contributed by atoms with Crippen molar-refractivity contribution in [1.29, 1.82) is 0 Å². The lowest BCUT2D eigenvalue weighted by atomic mass is 9.78. The predicted octanol–water partition coefficient (Wildman–Crippen LogP) is 2.43. The molecule has 0 aromatic heterocycles. The van der Waals surface area contributed by atoms with Gasteiger partial charge in [-0.25, -0.2) is 0 Å². The number of benzene rings is 1. The van der Waals surface area contributed by atoms with Gasteiger partial charge in [0.2, 0.25) is 5.91 Å². The average Bonchev–Trinajstić information content (AvgIpc) is 3.17. The van der Waals surface area contributed by atoms with Crippen molar-refractivity contribution in [3.63, 3.8) is 0 Å². The van der Waals surface area contributed by atoms with Crippen LogP contribution in [-0.4, -0.2) is 70.1 Å². The average molecular weight is 489 g/mol. The quantitative estimate of drug-likeness (QED) is 0.517. The first kappa shape index (κ1) is 22.5. The molecule has 0 radical (unpaired) electrons. The molecule has 174 valence electrons. The summed E-state index contributed by atoms with van der Waals surface area (Å²) in [5.41, 5.74) is 0.692. The molecular weight excluding hydrogens is 464 g/mol. The van der Waals surface area contributed by atoms with E-state index in [0.29, 0.717) is 30.1 Å². The molecule has 4 aliphatic heterocycles. The highest BCUT2D eigenvalue weighted by Gasteiger charge is 2.70. The topological polar surface area (TPSA) is 87.2 Å². The fourth-order valence-electron chi connectivity index (χ4n) is 5.44. The summed E-state index contributed by atoms with van der Waals surface area (Å²) in [6.07, 6.45) is 8.84. The zero-order valence-corrected chi connectivity index (χ0v) is 19.5. The van der Waals surface area contributed by atoms with Crippen molar-refractivity contribution in [3.05, 3.63) is 53.6 Å². The van der Waals surface area contributed by atoms with Crippen LogP contribution in [0.3, 0.4) is 0 Å². The number of cyclic esters (lactones) is 1. The maximum Gasteiger partial charge on any atom is 0.311 e. The van der Waals surface area contributed by atoms with Crippen molar-refractivity contribution in [2.24, 2.45) is 11.8 Å². The van der Waals surface area contributed by atoms with Crippen LogP contribution in [0.25, 0.3) is 0 Å². The highest BCUT2D eigenvalue weighted by atomic mass is 35.5. The Morgan fingerprint density at radius 2 is 1.94 bits per heavy atom. The summed E-state index contributed by atoms with van der Waals surface area (Å²) < 4.78 is 4.58. The fourth-order valence-corrected chi connectivity index (χ4v) is 7.57. The van der Waals surface area contributed by atoms with E-state index in [-0.39, 0.29) is 42.8 Å². The van der Waals surface area contributed by atoms with Gasteiger partial charge in [-0.2, -0.15) is 0 Å². The van der Waals surface area contributed by atoms with Crippen LogP contribution < -0.4 is 4.90 Å². The summed E-state index contributed by atoms with van der Waals surface area (Å²) in [6.45, 7) is 0.787. The van der Waals surface area contributed by atoms with Crippen molar-refractivity contribution in [2.45, 2.75) is 28.9 Å². The minimum Gasteiger partial charge on any atom is -0.465 e. The van der Waals surface area contributed by atoms with Crippen LogP contribution in [0.4, 0.5) is 5.69 Å². The van der Waals surface area contributed by atoms with Gasteiger partial charge >= 0.3 is 5.97 Å². The maximum absolute atomic E-state index is 14.0. The second-order valence-corrected chi connectivity index (χ2v) is 10.6. The lowest BCUT2D eigenvalue weighted by Gasteiger charge is -2.35. The lowest BCUT2D eigenvalue weighted by Crippen LogP contribution is -2.53. The first-order valence-corrected chi connectivity index (χ1v) is 12.4. The van der Waals surface area contributed by atoms with E-state index in [4.69, 9.17) is 16.3 Å². The second kappa shape index (κ2) is 8.81. The number of anilines is 1. The Morgan fingerprint density at radius 3 is 2.70 bits per heavy atom. The van der Waals surface area contributed by atoms with E-state index in [0.717, 1.165) is 0 Å². The van der Waals surface area contributed by atoms with Gasteiger partial charge < -0.3 is 19.6 Å². The first-order chi connectivity index (χ1) is 16.0. The van der Waals surface area contributed by atoms with E-state index < -0.39 is 22.6 Å². The van der Waals surface area contributed by atoms with Gasteiger partial charge in [0.05, 0.1) is 23.2 Å². The van der Waals surface area contributed by atoms with Gasteiger partial charge in [-0.1, -0.05) is 35.9 Å². The summed E-state index contributed by atoms with van der Waals surface area (Å²) in [4.78, 5) is 44.0. The number of carbonyl (C=O) groups is 3. The molecule has 1 aromatic rings. The number of aliphatic hydroxyl groups excluding tert-OH is 1. The molecule has 1 unspecified atom stereocenters. The van der Waals surface area contributed by atoms with E-state index in [1.165, 1.54) is 11.8 Å². The number of carbonyl (C=O) groups excluding carboxylic acids is 3. The largest absolute Gasteiger partial charge is 0.465 e. The Kier molecular flexibility index (Phi) is 6.01. The Hall–Kier alpha value is -2.29. The van der Waals surface area contributed by atoms with E-state index in [1.807, 2.05) is 24.3 Å². The minimum absolute atomic E-state index is 0.0942. The van der Waals surface area contributed by atoms with Crippen LogP contribution in [0.5, 0.6) is 0 Å². The van der Waals surface area contributed by atoms with Gasteiger partial charge in [0.25, 0.3) is 5.91 Å². The number of rotatable bonds is 4. The van der Waals surface area contributed by atoms with Crippen LogP contribution in [-0.2, 0) is 19.1 Å². The Labute approximate surface area is 201 Å². The van der Waals surface area contributed by atoms with Crippen molar-refractivity contribution in [2.75, 3.05) is 31.2 Å². The van der Waals surface area contributed by atoms with Gasteiger partial charge in [0.15, 0.2) is 0 Å². The zero-order chi connectivity index (χ0) is 23.2. The monoisotopic (exact) mass is 488 g/mol. The molecule has 2 saturated heterocycles. The van der Waals surface area contributed by atoms with E-state index in [1.54, 1.807) is 34.1 Å². The summed E-state index contributed by atoms with van der Waals surface area (Å²) in [5, 5.41) is 9.77. The smallest absolute Gasteiger partial charge is 0.311 e. The number of hydrogen-bond acceptors (Lipinski definition) is 6. The third-order valence-electron chi connectivity index (χ3n) is 6.82. The number of aliphatic hydroxyl groups is 1. The number of fused-ring (bicyclic) bond motifs is 2. The molecule has 2 fully saturated rings. The van der Waals surface area contributed by atoms with Gasteiger partial charge in [-0.15, -0.1) is 11.8 Å². The van der Waals surface area contributed by atoms with Crippen molar-refractivity contribution >= 4 is 46.8 Å². The normalized spacial score (nSPS) is 33.2. The molecule has 5 atom stereocenters. The molecule has 9 heteroatoms. The molecule has 5 rings (SSSR count). The molecule has 0 aliphatic carbocycles. The SMILES string of the molecule is O=C1OCCC=C[C@@H]2S[C@]34C=CCN(c5ccc(Cl)cc5)C(=O)C3N(CCCO)C(=O)[C@@H]4[C@H]12. The fraction of sp³-hybridized carbons (Fsp3) is 0.458. The molecule has 0 bridgehead atoms. The summed E-state index contributed by atoms with van der Waals surface area (Å²) >= 11 is 7.56. The molecule has 2 amide bonds. The summed E-state index contributed by atoms with van der Waals surface area (Å²) in [6, 6.07) is 6.25. The molecule has 33 heavy (non-hydrogen) atoms. The molecular formula is C24H25ClN2O5S. The Balaban J connectivity index is 1.60. The highest BCUT2D eigenvalue weighted by Crippen LogP contribution is 2.60. The van der Waals surface area contributed by atoms with E-state index in [9.17, 15) is 19.5 Å². The van der Waals surface area contributed by atoms with Crippen molar-refractivity contribution < 1.29 is 24.2 Å². The number of halogens is 1. The zero-order valence-electron chi connectivity index (χ0n) is 17.9. The molecule has 1 aromatic carbocycles. The minimum atomic E-state index is -0.881. The number of likely N-dealkylation sites (tertiary alicyclic amines) is 1. The number of ether oxygens (including phenoxy) is 1. The van der Waals surface area contributed by atoms with Crippen LogP contribution >= 0.6 is 23.4 Å². The number of esters is 1. The molecule has 1 N–H and O–H groups in total. The van der Waals surface area contributed by atoms with Crippen LogP contribution in [0, 0.1) is 11.8 Å².